The number of carbonyl (C=O) groups is 1. The Morgan fingerprint density at radius 3 is 2.38 bits per heavy atom. The van der Waals surface area contributed by atoms with Crippen molar-refractivity contribution in [3.8, 4) is 0 Å². The van der Waals surface area contributed by atoms with Crippen molar-refractivity contribution in [3.05, 3.63) is 40.1 Å². The van der Waals surface area contributed by atoms with E-state index in [1.165, 1.54) is 30.8 Å². The van der Waals surface area contributed by atoms with Gasteiger partial charge in [-0.15, -0.1) is 0 Å². The Kier molecular flexibility index (Phi) is 5.85. The molecule has 1 fully saturated rings. The van der Waals surface area contributed by atoms with Gasteiger partial charge in [0.05, 0.1) is 16.2 Å². The van der Waals surface area contributed by atoms with Gasteiger partial charge >= 0.3 is 7.12 Å². The minimum absolute atomic E-state index is 0.000274. The highest BCUT2D eigenvalue weighted by molar-refractivity contribution is 8.13. The SMILES string of the molecule is CC(=O)SCC(=Cc1ccc(Cl)c(F)c1)B1OC(C)(C)C(C)(C)O1. The summed E-state index contributed by atoms with van der Waals surface area (Å²) in [7, 11) is -0.583. The molecule has 0 bridgehead atoms. The largest absolute Gasteiger partial charge is 0.491 e. The van der Waals surface area contributed by atoms with Gasteiger partial charge in [-0.1, -0.05) is 35.5 Å². The van der Waals surface area contributed by atoms with Crippen LogP contribution in [-0.2, 0) is 14.1 Å². The van der Waals surface area contributed by atoms with E-state index in [1.54, 1.807) is 12.1 Å². The standard InChI is InChI=1S/C17H21BClFO3S/c1-11(21)24-10-13(8-12-6-7-14(19)15(20)9-12)18-22-16(2,3)17(4,5)23-18/h6-9H,10H2,1-5H3. The minimum atomic E-state index is -0.583. The molecule has 1 aromatic rings. The van der Waals surface area contributed by atoms with E-state index in [0.717, 1.165) is 5.47 Å². The molecule has 0 unspecified atom stereocenters. The Morgan fingerprint density at radius 1 is 1.29 bits per heavy atom. The summed E-state index contributed by atoms with van der Waals surface area (Å²) in [5.74, 6) is -0.0749. The molecule has 2 rings (SSSR count). The second kappa shape index (κ2) is 7.20. The molecule has 1 aromatic carbocycles. The Hall–Kier alpha value is -0.815. The number of hydrogen-bond acceptors (Lipinski definition) is 4. The Balaban J connectivity index is 2.33. The summed E-state index contributed by atoms with van der Waals surface area (Å²) in [6, 6.07) is 4.57. The van der Waals surface area contributed by atoms with Crippen LogP contribution in [0.4, 0.5) is 4.39 Å². The topological polar surface area (TPSA) is 35.5 Å². The van der Waals surface area contributed by atoms with Gasteiger partial charge < -0.3 is 9.31 Å². The van der Waals surface area contributed by atoms with Crippen LogP contribution < -0.4 is 0 Å². The van der Waals surface area contributed by atoms with Gasteiger partial charge in [0.25, 0.3) is 0 Å². The fourth-order valence-corrected chi connectivity index (χ4v) is 2.88. The van der Waals surface area contributed by atoms with Crippen molar-refractivity contribution in [2.75, 3.05) is 5.75 Å². The number of benzene rings is 1. The van der Waals surface area contributed by atoms with E-state index in [2.05, 4.69) is 0 Å². The van der Waals surface area contributed by atoms with Crippen molar-refractivity contribution in [2.24, 2.45) is 0 Å². The van der Waals surface area contributed by atoms with E-state index in [0.29, 0.717) is 11.3 Å². The van der Waals surface area contributed by atoms with Crippen molar-refractivity contribution >= 4 is 41.7 Å². The zero-order chi connectivity index (χ0) is 18.1. The first-order chi connectivity index (χ1) is 11.0. The average molecular weight is 371 g/mol. The maximum atomic E-state index is 13.7. The zero-order valence-corrected chi connectivity index (χ0v) is 16.1. The van der Waals surface area contributed by atoms with Gasteiger partial charge in [-0.3, -0.25) is 4.79 Å². The normalized spacial score (nSPS) is 19.6. The molecule has 130 valence electrons. The lowest BCUT2D eigenvalue weighted by atomic mass is 9.78. The highest BCUT2D eigenvalue weighted by atomic mass is 35.5. The maximum absolute atomic E-state index is 13.7. The van der Waals surface area contributed by atoms with E-state index in [4.69, 9.17) is 20.9 Å². The van der Waals surface area contributed by atoms with E-state index >= 15 is 0 Å². The van der Waals surface area contributed by atoms with Crippen LogP contribution in [0, 0.1) is 5.82 Å². The first kappa shape index (κ1) is 19.5. The molecule has 0 aliphatic carbocycles. The molecule has 0 aromatic heterocycles. The quantitative estimate of drug-likeness (QED) is 0.715. The van der Waals surface area contributed by atoms with Crippen LogP contribution in [0.1, 0.15) is 40.2 Å². The predicted octanol–water partition coefficient (Wildman–Crippen LogP) is 4.77. The summed E-state index contributed by atoms with van der Waals surface area (Å²) in [5, 5.41) is 0.0714. The number of hydrogen-bond donors (Lipinski definition) is 0. The maximum Gasteiger partial charge on any atom is 0.491 e. The molecule has 0 spiro atoms. The molecule has 1 heterocycles. The molecule has 7 heteroatoms. The van der Waals surface area contributed by atoms with Crippen LogP contribution in [0.25, 0.3) is 6.08 Å². The lowest BCUT2D eigenvalue weighted by Gasteiger charge is -2.32. The molecular weight excluding hydrogens is 350 g/mol. The van der Waals surface area contributed by atoms with Crippen molar-refractivity contribution in [2.45, 2.75) is 45.8 Å². The second-order valence-electron chi connectivity index (χ2n) is 6.76. The summed E-state index contributed by atoms with van der Waals surface area (Å²) < 4.78 is 25.8. The third-order valence-electron chi connectivity index (χ3n) is 4.29. The van der Waals surface area contributed by atoms with Crippen LogP contribution in [-0.4, -0.2) is 29.2 Å². The monoisotopic (exact) mass is 370 g/mol. The third-order valence-corrected chi connectivity index (χ3v) is 5.48. The zero-order valence-electron chi connectivity index (χ0n) is 14.5. The molecule has 0 saturated carbocycles. The van der Waals surface area contributed by atoms with Crippen LogP contribution in [0.15, 0.2) is 23.7 Å². The van der Waals surface area contributed by atoms with Gasteiger partial charge in [0.15, 0.2) is 5.12 Å². The van der Waals surface area contributed by atoms with Crippen LogP contribution >= 0.6 is 23.4 Å². The van der Waals surface area contributed by atoms with Crippen LogP contribution in [0.3, 0.4) is 0 Å². The third kappa shape index (κ3) is 4.42. The van der Waals surface area contributed by atoms with Gasteiger partial charge in [0.2, 0.25) is 0 Å². The Labute approximate surface area is 152 Å². The fraction of sp³-hybridized carbons (Fsp3) is 0.471. The van der Waals surface area contributed by atoms with Crippen LogP contribution in [0.5, 0.6) is 0 Å². The molecule has 0 atom stereocenters. The number of thioether (sulfide) groups is 1. The summed E-state index contributed by atoms with van der Waals surface area (Å²) in [6.45, 7) is 9.36. The molecular formula is C17H21BClFO3S. The van der Waals surface area contributed by atoms with Crippen molar-refractivity contribution < 1.29 is 18.5 Å². The lowest BCUT2D eigenvalue weighted by Crippen LogP contribution is -2.41. The molecule has 24 heavy (non-hydrogen) atoms. The molecule has 1 aliphatic heterocycles. The summed E-state index contributed by atoms with van der Waals surface area (Å²) in [6.07, 6.45) is 1.79. The first-order valence-electron chi connectivity index (χ1n) is 7.66. The minimum Gasteiger partial charge on any atom is -0.400 e. The van der Waals surface area contributed by atoms with E-state index in [9.17, 15) is 9.18 Å². The van der Waals surface area contributed by atoms with Crippen molar-refractivity contribution in [1.29, 1.82) is 0 Å². The number of rotatable bonds is 4. The van der Waals surface area contributed by atoms with Crippen molar-refractivity contribution in [3.63, 3.8) is 0 Å². The smallest absolute Gasteiger partial charge is 0.400 e. The summed E-state index contributed by atoms with van der Waals surface area (Å²) in [4.78, 5) is 11.3. The summed E-state index contributed by atoms with van der Waals surface area (Å²) >= 11 is 6.89. The highest BCUT2D eigenvalue weighted by Crippen LogP contribution is 2.39. The van der Waals surface area contributed by atoms with Gasteiger partial charge in [0, 0.05) is 12.7 Å². The lowest BCUT2D eigenvalue weighted by molar-refractivity contribution is -0.109. The Bertz CT molecular complexity index is 660. The predicted molar refractivity (Wildman–Crippen MR) is 98.6 cm³/mol. The number of halogens is 2. The van der Waals surface area contributed by atoms with Gasteiger partial charge in [-0.25, -0.2) is 4.39 Å². The van der Waals surface area contributed by atoms with Crippen LogP contribution in [0.2, 0.25) is 5.02 Å². The van der Waals surface area contributed by atoms with Gasteiger partial charge in [0.1, 0.15) is 5.82 Å². The van der Waals surface area contributed by atoms with Gasteiger partial charge in [-0.2, -0.15) is 0 Å². The highest BCUT2D eigenvalue weighted by Gasteiger charge is 2.52. The Morgan fingerprint density at radius 2 is 1.88 bits per heavy atom. The van der Waals surface area contributed by atoms with Gasteiger partial charge in [-0.05, 0) is 50.9 Å². The van der Waals surface area contributed by atoms with E-state index < -0.39 is 24.1 Å². The van der Waals surface area contributed by atoms with E-state index in [1.807, 2.05) is 27.7 Å². The molecule has 0 radical (unpaired) electrons. The molecule has 1 saturated heterocycles. The second-order valence-corrected chi connectivity index (χ2v) is 8.32. The molecule has 1 aliphatic rings. The molecule has 0 N–H and O–H groups in total. The molecule has 3 nitrogen and oxygen atoms in total. The molecule has 0 amide bonds. The number of carbonyl (C=O) groups excluding carboxylic acids is 1. The first-order valence-corrected chi connectivity index (χ1v) is 9.03. The fourth-order valence-electron chi connectivity index (χ4n) is 2.17. The van der Waals surface area contributed by atoms with Crippen molar-refractivity contribution in [1.82, 2.24) is 0 Å². The average Bonchev–Trinajstić information content (AvgIpc) is 2.67. The summed E-state index contributed by atoms with van der Waals surface area (Å²) in [5.41, 5.74) is 0.451. The van der Waals surface area contributed by atoms with E-state index in [-0.39, 0.29) is 10.1 Å².